The molecular weight excluding hydrogens is 477 g/mol. The highest BCUT2D eigenvalue weighted by atomic mass is 35.5. The Bertz CT molecular complexity index is 1420. The number of carbonyl (C=O) groups is 2. The molecule has 0 saturated carbocycles. The lowest BCUT2D eigenvalue weighted by atomic mass is 9.99. The number of amides is 3. The van der Waals surface area contributed by atoms with Crippen LogP contribution in [0.5, 0.6) is 0 Å². The minimum atomic E-state index is -4.75. The summed E-state index contributed by atoms with van der Waals surface area (Å²) >= 11 is 5.74. The molecule has 174 valence electrons. The topological polar surface area (TPSA) is 106 Å². The first-order chi connectivity index (χ1) is 16.1. The normalized spacial score (nSPS) is 18.7. The monoisotopic (exact) mass is 490 g/mol. The zero-order valence-electron chi connectivity index (χ0n) is 17.3. The molecule has 0 bridgehead atoms. The van der Waals surface area contributed by atoms with Crippen LogP contribution < -0.4 is 5.32 Å². The summed E-state index contributed by atoms with van der Waals surface area (Å²) in [4.78, 5) is 26.8. The zero-order chi connectivity index (χ0) is 24.3. The number of nitrogens with one attached hydrogen (secondary N) is 1. The molecule has 5 rings (SSSR count). The summed E-state index contributed by atoms with van der Waals surface area (Å²) in [6.07, 6.45) is -4.75. The zero-order valence-corrected chi connectivity index (χ0v) is 18.1. The van der Waals surface area contributed by atoms with Gasteiger partial charge >= 0.3 is 12.2 Å². The van der Waals surface area contributed by atoms with Crippen molar-refractivity contribution in [3.8, 4) is 5.69 Å². The molecule has 3 heterocycles. The molecule has 0 spiro atoms. The van der Waals surface area contributed by atoms with Crippen LogP contribution in [-0.2, 0) is 23.1 Å². The number of benzene rings is 2. The summed E-state index contributed by atoms with van der Waals surface area (Å²) in [7, 11) is 0. The van der Waals surface area contributed by atoms with Crippen molar-refractivity contribution in [3.63, 3.8) is 0 Å². The fourth-order valence-corrected chi connectivity index (χ4v) is 3.96. The van der Waals surface area contributed by atoms with Gasteiger partial charge in [-0.05, 0) is 47.7 Å². The summed E-state index contributed by atoms with van der Waals surface area (Å²) < 4.78 is 47.3. The third-order valence-electron chi connectivity index (χ3n) is 5.52. The van der Waals surface area contributed by atoms with Crippen molar-refractivity contribution >= 4 is 34.5 Å². The number of aromatic nitrogens is 4. The molecule has 2 aromatic carbocycles. The predicted octanol–water partition coefficient (Wildman–Crippen LogP) is 4.05. The maximum absolute atomic E-state index is 13.6. The minimum Gasteiger partial charge on any atom is -0.458 e. The SMILES string of the molecule is CC1(c2cc3ccccc3o2)NC(=O)N(Cc2nnnn2-c2ccc(Cl)cc2C(F)(F)F)C1=O. The number of halogens is 4. The first kappa shape index (κ1) is 21.9. The first-order valence-corrected chi connectivity index (χ1v) is 10.2. The van der Waals surface area contributed by atoms with Crippen LogP contribution in [0.25, 0.3) is 16.7 Å². The van der Waals surface area contributed by atoms with Crippen LogP contribution >= 0.6 is 11.6 Å². The van der Waals surface area contributed by atoms with Gasteiger partial charge in [0.1, 0.15) is 11.3 Å². The van der Waals surface area contributed by atoms with E-state index in [9.17, 15) is 22.8 Å². The van der Waals surface area contributed by atoms with Gasteiger partial charge < -0.3 is 9.73 Å². The van der Waals surface area contributed by atoms with Crippen LogP contribution in [-0.4, -0.2) is 37.0 Å². The number of hydrogen-bond acceptors (Lipinski definition) is 6. The molecule has 3 amide bonds. The van der Waals surface area contributed by atoms with Crippen molar-refractivity contribution in [3.05, 3.63) is 70.7 Å². The van der Waals surface area contributed by atoms with E-state index in [2.05, 4.69) is 20.8 Å². The van der Waals surface area contributed by atoms with Crippen LogP contribution in [0.1, 0.15) is 24.1 Å². The van der Waals surface area contributed by atoms with Gasteiger partial charge in [-0.1, -0.05) is 29.8 Å². The largest absolute Gasteiger partial charge is 0.458 e. The van der Waals surface area contributed by atoms with E-state index in [1.54, 1.807) is 30.3 Å². The fraction of sp³-hybridized carbons (Fsp3) is 0.190. The average molecular weight is 491 g/mol. The summed E-state index contributed by atoms with van der Waals surface area (Å²) in [6.45, 7) is 1.00. The molecule has 34 heavy (non-hydrogen) atoms. The number of furan rings is 1. The number of tetrazole rings is 1. The summed E-state index contributed by atoms with van der Waals surface area (Å²) in [5, 5.41) is 14.0. The molecule has 1 saturated heterocycles. The molecular formula is C21H14ClF3N6O3. The number of imide groups is 1. The van der Waals surface area contributed by atoms with Crippen molar-refractivity contribution in [1.82, 2.24) is 30.4 Å². The van der Waals surface area contributed by atoms with Gasteiger partial charge in [0.05, 0.1) is 17.8 Å². The van der Waals surface area contributed by atoms with Gasteiger partial charge in [-0.25, -0.2) is 4.79 Å². The summed E-state index contributed by atoms with van der Waals surface area (Å²) in [5.74, 6) is -0.616. The van der Waals surface area contributed by atoms with Crippen LogP contribution in [0, 0.1) is 0 Å². The highest BCUT2D eigenvalue weighted by Gasteiger charge is 2.51. The molecule has 1 N–H and O–H groups in total. The predicted molar refractivity (Wildman–Crippen MR) is 112 cm³/mol. The number of para-hydroxylation sites is 1. The molecule has 4 aromatic rings. The molecule has 0 aliphatic carbocycles. The van der Waals surface area contributed by atoms with Crippen molar-refractivity contribution in [2.45, 2.75) is 25.2 Å². The molecule has 0 radical (unpaired) electrons. The molecule has 2 aromatic heterocycles. The van der Waals surface area contributed by atoms with Crippen molar-refractivity contribution in [1.29, 1.82) is 0 Å². The van der Waals surface area contributed by atoms with Gasteiger partial charge in [0.15, 0.2) is 11.4 Å². The second-order valence-electron chi connectivity index (χ2n) is 7.76. The smallest absolute Gasteiger partial charge is 0.418 e. The molecule has 1 fully saturated rings. The minimum absolute atomic E-state index is 0.124. The Morgan fingerprint density at radius 3 is 2.65 bits per heavy atom. The first-order valence-electron chi connectivity index (χ1n) is 9.85. The van der Waals surface area contributed by atoms with E-state index in [0.29, 0.717) is 5.58 Å². The van der Waals surface area contributed by atoms with E-state index in [1.165, 1.54) is 13.0 Å². The molecule has 1 aliphatic heterocycles. The Balaban J connectivity index is 1.49. The van der Waals surface area contributed by atoms with E-state index in [-0.39, 0.29) is 16.6 Å². The van der Waals surface area contributed by atoms with E-state index >= 15 is 0 Å². The lowest BCUT2D eigenvalue weighted by Crippen LogP contribution is -2.40. The van der Waals surface area contributed by atoms with Gasteiger partial charge in [-0.15, -0.1) is 5.10 Å². The van der Waals surface area contributed by atoms with Gasteiger partial charge in [0, 0.05) is 10.4 Å². The van der Waals surface area contributed by atoms with Crippen molar-refractivity contribution in [2.24, 2.45) is 0 Å². The average Bonchev–Trinajstić information content (AvgIpc) is 3.47. The Morgan fingerprint density at radius 2 is 1.91 bits per heavy atom. The Morgan fingerprint density at radius 1 is 1.15 bits per heavy atom. The Kier molecular flexibility index (Phi) is 4.86. The van der Waals surface area contributed by atoms with E-state index in [4.69, 9.17) is 16.0 Å². The van der Waals surface area contributed by atoms with Gasteiger partial charge in [0.25, 0.3) is 5.91 Å². The number of fused-ring (bicyclic) bond motifs is 1. The van der Waals surface area contributed by atoms with Crippen LogP contribution in [0.4, 0.5) is 18.0 Å². The molecule has 13 heteroatoms. The highest BCUT2D eigenvalue weighted by molar-refractivity contribution is 6.30. The third kappa shape index (κ3) is 3.46. The van der Waals surface area contributed by atoms with Crippen molar-refractivity contribution in [2.75, 3.05) is 0 Å². The van der Waals surface area contributed by atoms with Gasteiger partial charge in [0.2, 0.25) is 0 Å². The quantitative estimate of drug-likeness (QED) is 0.433. The molecule has 1 atom stereocenters. The lowest BCUT2D eigenvalue weighted by Gasteiger charge is -2.19. The molecule has 1 unspecified atom stereocenters. The van der Waals surface area contributed by atoms with Gasteiger partial charge in [-0.2, -0.15) is 17.9 Å². The van der Waals surface area contributed by atoms with Gasteiger partial charge in [-0.3, -0.25) is 9.69 Å². The summed E-state index contributed by atoms with van der Waals surface area (Å²) in [6, 6.07) is 11.1. The van der Waals surface area contributed by atoms with Crippen LogP contribution in [0.3, 0.4) is 0 Å². The fourth-order valence-electron chi connectivity index (χ4n) is 3.79. The summed E-state index contributed by atoms with van der Waals surface area (Å²) in [5.41, 5.74) is -2.46. The van der Waals surface area contributed by atoms with E-state index in [1.807, 2.05) is 0 Å². The number of rotatable bonds is 4. The number of urea groups is 1. The Hall–Kier alpha value is -3.93. The maximum atomic E-state index is 13.6. The standard InChI is InChI=1S/C21H14ClF3N6O3/c1-20(16-8-11-4-2-3-5-15(11)34-16)18(32)30(19(33)26-20)10-17-27-28-29-31(17)14-7-6-12(22)9-13(14)21(23,24)25/h2-9H,10H2,1H3,(H,26,33). The van der Waals surface area contributed by atoms with Crippen LogP contribution in [0.2, 0.25) is 5.02 Å². The Labute approximate surface area is 194 Å². The molecule has 1 aliphatic rings. The number of carbonyl (C=O) groups excluding carboxylic acids is 2. The number of nitrogens with zero attached hydrogens (tertiary/aromatic N) is 5. The highest BCUT2D eigenvalue weighted by Crippen LogP contribution is 2.36. The lowest BCUT2D eigenvalue weighted by molar-refractivity contribution is -0.137. The third-order valence-corrected chi connectivity index (χ3v) is 5.75. The maximum Gasteiger partial charge on any atom is 0.418 e. The van der Waals surface area contributed by atoms with E-state index < -0.39 is 41.4 Å². The number of alkyl halides is 3. The number of hydrogen-bond donors (Lipinski definition) is 1. The van der Waals surface area contributed by atoms with Crippen molar-refractivity contribution < 1.29 is 27.2 Å². The second kappa shape index (κ2) is 7.55. The second-order valence-corrected chi connectivity index (χ2v) is 8.20. The van der Waals surface area contributed by atoms with Crippen LogP contribution in [0.15, 0.2) is 52.9 Å². The van der Waals surface area contributed by atoms with E-state index in [0.717, 1.165) is 27.1 Å². The molecule has 9 nitrogen and oxygen atoms in total.